The van der Waals surface area contributed by atoms with Gasteiger partial charge < -0.3 is 19.4 Å². The molecule has 0 spiro atoms. The van der Waals surface area contributed by atoms with Gasteiger partial charge in [0.2, 0.25) is 0 Å². The molecule has 0 saturated carbocycles. The Morgan fingerprint density at radius 3 is 2.08 bits per heavy atom. The number of aliphatic carboxylic acids is 1. The molecule has 0 aliphatic heterocycles. The lowest BCUT2D eigenvalue weighted by molar-refractivity contribution is -0.309. The molecule has 0 heterocycles. The molecule has 0 radical (unpaired) electrons. The molecule has 26 heavy (non-hydrogen) atoms. The Morgan fingerprint density at radius 1 is 0.885 bits per heavy atom. The molecule has 6 nitrogen and oxygen atoms in total. The van der Waals surface area contributed by atoms with Gasteiger partial charge in [-0.25, -0.2) is 0 Å². The van der Waals surface area contributed by atoms with Crippen molar-refractivity contribution in [1.82, 2.24) is 0 Å². The fraction of sp³-hybridized carbons (Fsp3) is 0.850. The predicted molar refractivity (Wildman–Crippen MR) is 97.4 cm³/mol. The van der Waals surface area contributed by atoms with E-state index in [1.54, 1.807) is 6.92 Å². The number of hydrogen-bond acceptors (Lipinski definition) is 6. The molecule has 6 heteroatoms. The Balaban J connectivity index is 4.09. The van der Waals surface area contributed by atoms with Crippen LogP contribution in [0.1, 0.15) is 85.0 Å². The minimum Gasteiger partial charge on any atom is -0.548 e. The van der Waals surface area contributed by atoms with Crippen molar-refractivity contribution in [2.24, 2.45) is 5.92 Å². The van der Waals surface area contributed by atoms with Crippen molar-refractivity contribution < 1.29 is 29.0 Å². The van der Waals surface area contributed by atoms with Crippen molar-refractivity contribution in [2.75, 3.05) is 13.2 Å². The van der Waals surface area contributed by atoms with Crippen LogP contribution in [-0.2, 0) is 23.9 Å². The van der Waals surface area contributed by atoms with Gasteiger partial charge in [-0.05, 0) is 51.9 Å². The lowest BCUT2D eigenvalue weighted by Gasteiger charge is -2.19. The van der Waals surface area contributed by atoms with Crippen LogP contribution in [0.15, 0.2) is 0 Å². The fourth-order valence-corrected chi connectivity index (χ4v) is 3.01. The summed E-state index contributed by atoms with van der Waals surface area (Å²) in [5.41, 5.74) is 0. The summed E-state index contributed by atoms with van der Waals surface area (Å²) in [5.74, 6) is -1.28. The number of ketones is 1. The van der Waals surface area contributed by atoms with Gasteiger partial charge in [-0.1, -0.05) is 26.2 Å². The van der Waals surface area contributed by atoms with Crippen LogP contribution in [0.25, 0.3) is 0 Å². The molecular formula is C20H35O6-. The zero-order valence-corrected chi connectivity index (χ0v) is 16.6. The summed E-state index contributed by atoms with van der Waals surface area (Å²) in [5, 5.41) is 10.2. The third-order valence-corrected chi connectivity index (χ3v) is 4.43. The molecule has 0 aromatic heterocycles. The van der Waals surface area contributed by atoms with Crippen molar-refractivity contribution in [3.63, 3.8) is 0 Å². The Labute approximate surface area is 157 Å². The van der Waals surface area contributed by atoms with Gasteiger partial charge >= 0.3 is 5.97 Å². The van der Waals surface area contributed by atoms with Crippen molar-refractivity contribution in [1.29, 1.82) is 0 Å². The molecule has 0 N–H and O–H groups in total. The number of carbonyl (C=O) groups excluding carboxylic acids is 3. The summed E-state index contributed by atoms with van der Waals surface area (Å²) in [4.78, 5) is 33.3. The second kappa shape index (κ2) is 15.8. The van der Waals surface area contributed by atoms with E-state index in [0.717, 1.165) is 64.2 Å². The van der Waals surface area contributed by atoms with Crippen LogP contribution < -0.4 is 5.11 Å². The van der Waals surface area contributed by atoms with E-state index in [2.05, 4.69) is 6.92 Å². The summed E-state index contributed by atoms with van der Waals surface area (Å²) in [6.45, 7) is 5.17. The number of Topliss-reactive ketones (excluding diaryl/α,β-unsaturated/α-hetero) is 1. The van der Waals surface area contributed by atoms with Gasteiger partial charge in [-0.15, -0.1) is 0 Å². The largest absolute Gasteiger partial charge is 0.548 e. The number of unbranched alkanes of at least 4 members (excludes halogenated alkanes) is 3. The van der Waals surface area contributed by atoms with Gasteiger partial charge in [0.05, 0.1) is 12.6 Å². The van der Waals surface area contributed by atoms with E-state index in [-0.39, 0.29) is 30.4 Å². The van der Waals surface area contributed by atoms with E-state index in [4.69, 9.17) is 9.47 Å². The van der Waals surface area contributed by atoms with Gasteiger partial charge in [0, 0.05) is 19.4 Å². The summed E-state index contributed by atoms with van der Waals surface area (Å²) in [6.07, 6.45) is 8.91. The Morgan fingerprint density at radius 2 is 1.50 bits per heavy atom. The van der Waals surface area contributed by atoms with E-state index in [1.807, 2.05) is 0 Å². The molecule has 0 saturated heterocycles. The molecule has 0 fully saturated rings. The number of carbonyl (C=O) groups is 3. The molecule has 0 aliphatic carbocycles. The normalized spacial score (nSPS) is 13.2. The van der Waals surface area contributed by atoms with Crippen LogP contribution in [0.4, 0.5) is 0 Å². The molecule has 0 aromatic rings. The van der Waals surface area contributed by atoms with Crippen molar-refractivity contribution in [3.8, 4) is 0 Å². The van der Waals surface area contributed by atoms with Crippen LogP contribution in [0.5, 0.6) is 0 Å². The first-order valence-corrected chi connectivity index (χ1v) is 9.82. The van der Waals surface area contributed by atoms with Gasteiger partial charge in [0.25, 0.3) is 0 Å². The highest BCUT2D eigenvalue weighted by Crippen LogP contribution is 2.20. The highest BCUT2D eigenvalue weighted by atomic mass is 16.5. The maximum Gasteiger partial charge on any atom is 0.302 e. The maximum absolute atomic E-state index is 11.8. The average molecular weight is 371 g/mol. The summed E-state index contributed by atoms with van der Waals surface area (Å²) in [6, 6.07) is 0. The monoisotopic (exact) mass is 371 g/mol. The predicted octanol–water partition coefficient (Wildman–Crippen LogP) is 2.81. The van der Waals surface area contributed by atoms with Crippen molar-refractivity contribution in [2.45, 2.75) is 91.1 Å². The van der Waals surface area contributed by atoms with E-state index in [9.17, 15) is 19.5 Å². The van der Waals surface area contributed by atoms with E-state index in [0.29, 0.717) is 6.61 Å². The van der Waals surface area contributed by atoms with Crippen LogP contribution in [0.2, 0.25) is 0 Å². The molecule has 0 bridgehead atoms. The van der Waals surface area contributed by atoms with Gasteiger partial charge in [-0.2, -0.15) is 0 Å². The maximum atomic E-state index is 11.8. The summed E-state index contributed by atoms with van der Waals surface area (Å²) in [7, 11) is 0. The quantitative estimate of drug-likeness (QED) is 0.288. The Bertz CT molecular complexity index is 407. The van der Waals surface area contributed by atoms with Crippen LogP contribution >= 0.6 is 0 Å². The van der Waals surface area contributed by atoms with E-state index in [1.165, 1.54) is 6.92 Å². The SMILES string of the molecule is CCCCCC(CCCC(CCCCOCC(=O)[O-])C(C)=O)OC(C)=O. The zero-order valence-electron chi connectivity index (χ0n) is 16.6. The molecule has 0 aromatic carbocycles. The number of esters is 1. The summed E-state index contributed by atoms with van der Waals surface area (Å²) >= 11 is 0. The minimum atomic E-state index is -1.21. The second-order valence-corrected chi connectivity index (χ2v) is 6.89. The number of rotatable bonds is 17. The third-order valence-electron chi connectivity index (χ3n) is 4.43. The smallest absolute Gasteiger partial charge is 0.302 e. The van der Waals surface area contributed by atoms with E-state index >= 15 is 0 Å². The highest BCUT2D eigenvalue weighted by Gasteiger charge is 2.16. The van der Waals surface area contributed by atoms with Crippen molar-refractivity contribution >= 4 is 17.7 Å². The molecule has 0 aliphatic rings. The van der Waals surface area contributed by atoms with Gasteiger partial charge in [0.15, 0.2) is 0 Å². The number of carboxylic acid groups (broad SMARTS) is 1. The van der Waals surface area contributed by atoms with Crippen LogP contribution in [-0.4, -0.2) is 37.0 Å². The summed E-state index contributed by atoms with van der Waals surface area (Å²) < 4.78 is 10.3. The highest BCUT2D eigenvalue weighted by molar-refractivity contribution is 5.78. The van der Waals surface area contributed by atoms with Gasteiger partial charge in [-0.3, -0.25) is 9.59 Å². The standard InChI is InChI=1S/C20H36O6/c1-4-5-6-12-19(26-17(3)22)13-9-11-18(16(2)21)10-7-8-14-25-15-20(23)24/h18-19H,4-15H2,1-3H3,(H,23,24)/p-1. The molecule has 152 valence electrons. The Kier molecular flexibility index (Phi) is 14.9. The van der Waals surface area contributed by atoms with Gasteiger partial charge in [0.1, 0.15) is 11.9 Å². The van der Waals surface area contributed by atoms with Crippen LogP contribution in [0.3, 0.4) is 0 Å². The molecule has 2 atom stereocenters. The number of hydrogen-bond donors (Lipinski definition) is 0. The second-order valence-electron chi connectivity index (χ2n) is 6.89. The van der Waals surface area contributed by atoms with E-state index < -0.39 is 5.97 Å². The third kappa shape index (κ3) is 14.9. The van der Waals surface area contributed by atoms with Crippen LogP contribution in [0, 0.1) is 5.92 Å². The van der Waals surface area contributed by atoms with Crippen molar-refractivity contribution in [3.05, 3.63) is 0 Å². The molecular weight excluding hydrogens is 336 g/mol. The average Bonchev–Trinajstić information content (AvgIpc) is 2.55. The molecule has 0 rings (SSSR count). The first kappa shape index (κ1) is 24.6. The Hall–Kier alpha value is -1.43. The minimum absolute atomic E-state index is 0.00441. The first-order chi connectivity index (χ1) is 12.4. The number of carboxylic acids is 1. The first-order valence-electron chi connectivity index (χ1n) is 9.82. The fourth-order valence-electron chi connectivity index (χ4n) is 3.01. The molecule has 0 amide bonds. The topological polar surface area (TPSA) is 92.7 Å². The molecule has 2 unspecified atom stereocenters. The zero-order chi connectivity index (χ0) is 19.8. The number of ether oxygens (including phenoxy) is 2. The lowest BCUT2D eigenvalue weighted by Crippen LogP contribution is -2.27. The lowest BCUT2D eigenvalue weighted by atomic mass is 9.91.